The van der Waals surface area contributed by atoms with E-state index >= 15 is 0 Å². The lowest BCUT2D eigenvalue weighted by atomic mass is 10.0. The first-order valence-corrected chi connectivity index (χ1v) is 14.5. The second-order valence-corrected chi connectivity index (χ2v) is 11.9. The Hall–Kier alpha value is -3.14. The molecule has 2 heterocycles. The fourth-order valence-corrected chi connectivity index (χ4v) is 6.84. The minimum Gasteiger partial charge on any atom is -0.505 e. The van der Waals surface area contributed by atoms with Crippen LogP contribution in [0.5, 0.6) is 0 Å². The highest BCUT2D eigenvalue weighted by Crippen LogP contribution is 2.35. The smallest absolute Gasteiger partial charge is 0.265 e. The van der Waals surface area contributed by atoms with Crippen molar-refractivity contribution in [2.24, 2.45) is 0 Å². The van der Waals surface area contributed by atoms with E-state index in [2.05, 4.69) is 37.9 Å². The van der Waals surface area contributed by atoms with Gasteiger partial charge >= 0.3 is 0 Å². The van der Waals surface area contributed by atoms with Crippen LogP contribution in [0.3, 0.4) is 0 Å². The number of allylic oxidation sites excluding steroid dienone is 1. The van der Waals surface area contributed by atoms with Gasteiger partial charge in [0.05, 0.1) is 4.90 Å². The van der Waals surface area contributed by atoms with E-state index in [1.165, 1.54) is 17.8 Å². The standard InChI is InChI=1S/C28H28BrN3O4S/c29-22-13-11-21(12-14-22)27(33)26-28(34)24-9-4-5-10-25(24)37(35,36)32(26)16-6-15-30-17-19-31(20-18-30)23-7-2-1-3-8-23/h1-5,7-14,33H,6,15-20H2/b27-26+. The van der Waals surface area contributed by atoms with Crippen LogP contribution in [-0.2, 0) is 10.0 Å². The van der Waals surface area contributed by atoms with E-state index in [0.717, 1.165) is 35.0 Å². The van der Waals surface area contributed by atoms with Crippen LogP contribution in [0.4, 0.5) is 5.69 Å². The van der Waals surface area contributed by atoms with Gasteiger partial charge in [0.1, 0.15) is 5.70 Å². The normalized spacial score (nSPS) is 19.0. The van der Waals surface area contributed by atoms with Crippen LogP contribution in [0.25, 0.3) is 5.76 Å². The number of aliphatic hydroxyl groups is 1. The molecule has 0 spiro atoms. The van der Waals surface area contributed by atoms with E-state index in [1.54, 1.807) is 36.4 Å². The van der Waals surface area contributed by atoms with Crippen LogP contribution in [0.2, 0.25) is 0 Å². The Bertz CT molecular complexity index is 1420. The molecule has 3 aromatic carbocycles. The van der Waals surface area contributed by atoms with E-state index < -0.39 is 15.8 Å². The molecule has 0 amide bonds. The van der Waals surface area contributed by atoms with Crippen molar-refractivity contribution in [1.82, 2.24) is 9.21 Å². The van der Waals surface area contributed by atoms with Crippen LogP contribution in [-0.4, -0.2) is 67.8 Å². The summed E-state index contributed by atoms with van der Waals surface area (Å²) >= 11 is 3.36. The molecule has 0 saturated carbocycles. The zero-order valence-electron chi connectivity index (χ0n) is 20.3. The van der Waals surface area contributed by atoms with Crippen LogP contribution >= 0.6 is 15.9 Å². The second-order valence-electron chi connectivity index (χ2n) is 9.12. The van der Waals surface area contributed by atoms with Gasteiger partial charge in [-0.15, -0.1) is 0 Å². The number of fused-ring (bicyclic) bond motifs is 1. The molecule has 37 heavy (non-hydrogen) atoms. The van der Waals surface area contributed by atoms with Crippen molar-refractivity contribution >= 4 is 43.2 Å². The summed E-state index contributed by atoms with van der Waals surface area (Å²) in [5.74, 6) is -0.839. The van der Waals surface area contributed by atoms with Crippen molar-refractivity contribution in [3.8, 4) is 0 Å². The molecule has 2 aliphatic heterocycles. The molecule has 0 unspecified atom stereocenters. The van der Waals surface area contributed by atoms with Gasteiger partial charge in [-0.2, -0.15) is 0 Å². The zero-order valence-corrected chi connectivity index (χ0v) is 22.7. The van der Waals surface area contributed by atoms with Gasteiger partial charge in [-0.05, 0) is 42.8 Å². The molecule has 7 nitrogen and oxygen atoms in total. The van der Waals surface area contributed by atoms with Crippen LogP contribution in [0.1, 0.15) is 22.3 Å². The lowest BCUT2D eigenvalue weighted by Gasteiger charge is -2.37. The van der Waals surface area contributed by atoms with Crippen molar-refractivity contribution in [1.29, 1.82) is 0 Å². The number of benzene rings is 3. The van der Waals surface area contributed by atoms with Crippen molar-refractivity contribution in [3.05, 3.63) is 100 Å². The Morgan fingerprint density at radius 2 is 1.49 bits per heavy atom. The van der Waals surface area contributed by atoms with Crippen molar-refractivity contribution < 1.29 is 18.3 Å². The monoisotopic (exact) mass is 581 g/mol. The highest BCUT2D eigenvalue weighted by Gasteiger charge is 2.41. The Morgan fingerprint density at radius 3 is 2.19 bits per heavy atom. The summed E-state index contributed by atoms with van der Waals surface area (Å²) in [6, 6.07) is 23.3. The maximum Gasteiger partial charge on any atom is 0.265 e. The fourth-order valence-electron chi connectivity index (χ4n) is 4.87. The highest BCUT2D eigenvalue weighted by molar-refractivity contribution is 9.10. The lowest BCUT2D eigenvalue weighted by Crippen LogP contribution is -2.47. The maximum absolute atomic E-state index is 13.6. The van der Waals surface area contributed by atoms with Gasteiger partial charge in [0.25, 0.3) is 10.0 Å². The van der Waals surface area contributed by atoms with E-state index in [4.69, 9.17) is 0 Å². The van der Waals surface area contributed by atoms with Crippen LogP contribution in [0.15, 0.2) is 93.9 Å². The largest absolute Gasteiger partial charge is 0.505 e. The molecular weight excluding hydrogens is 554 g/mol. The van der Waals surface area contributed by atoms with Crippen molar-refractivity contribution in [3.63, 3.8) is 0 Å². The van der Waals surface area contributed by atoms with E-state index in [-0.39, 0.29) is 28.5 Å². The molecule has 1 fully saturated rings. The Labute approximate surface area is 225 Å². The van der Waals surface area contributed by atoms with Gasteiger partial charge in [0.2, 0.25) is 5.78 Å². The molecular formula is C28H28BrN3O4S. The van der Waals surface area contributed by atoms with Crippen LogP contribution < -0.4 is 4.90 Å². The van der Waals surface area contributed by atoms with Crippen LogP contribution in [0, 0.1) is 0 Å². The van der Waals surface area contributed by atoms with Gasteiger partial charge in [0.15, 0.2) is 5.76 Å². The Kier molecular flexibility index (Phi) is 7.37. The summed E-state index contributed by atoms with van der Waals surface area (Å²) in [5.41, 5.74) is 1.46. The van der Waals surface area contributed by atoms with E-state index in [1.807, 2.05) is 18.2 Å². The molecule has 3 aromatic rings. The molecule has 0 bridgehead atoms. The molecule has 0 aliphatic carbocycles. The topological polar surface area (TPSA) is 81.2 Å². The molecule has 0 radical (unpaired) electrons. The third-order valence-corrected chi connectivity index (χ3v) is 9.22. The molecule has 9 heteroatoms. The predicted octanol–water partition coefficient (Wildman–Crippen LogP) is 4.78. The number of sulfonamides is 1. The predicted molar refractivity (Wildman–Crippen MR) is 148 cm³/mol. The van der Waals surface area contributed by atoms with E-state index in [0.29, 0.717) is 18.5 Å². The summed E-state index contributed by atoms with van der Waals surface area (Å²) in [6.45, 7) is 4.32. The molecule has 5 rings (SSSR count). The van der Waals surface area contributed by atoms with Crippen molar-refractivity contribution in [2.45, 2.75) is 11.3 Å². The first kappa shape index (κ1) is 25.5. The number of piperazine rings is 1. The number of para-hydroxylation sites is 1. The number of nitrogens with zero attached hydrogens (tertiary/aromatic N) is 3. The summed E-state index contributed by atoms with van der Waals surface area (Å²) < 4.78 is 29.2. The third kappa shape index (κ3) is 5.16. The Balaban J connectivity index is 1.36. The summed E-state index contributed by atoms with van der Waals surface area (Å²) in [6.07, 6.45) is 0.525. The number of ketones is 1. The fraction of sp³-hybridized carbons (Fsp3) is 0.250. The first-order chi connectivity index (χ1) is 17.9. The number of halogens is 1. The number of rotatable bonds is 6. The highest BCUT2D eigenvalue weighted by atomic mass is 79.9. The van der Waals surface area contributed by atoms with Gasteiger partial charge < -0.3 is 10.0 Å². The quantitative estimate of drug-likeness (QED) is 0.333. The van der Waals surface area contributed by atoms with Gasteiger partial charge in [-0.3, -0.25) is 14.0 Å². The summed E-state index contributed by atoms with van der Waals surface area (Å²) in [5, 5.41) is 11.1. The summed E-state index contributed by atoms with van der Waals surface area (Å²) in [7, 11) is -4.02. The average molecular weight is 583 g/mol. The van der Waals surface area contributed by atoms with Crippen molar-refractivity contribution in [2.75, 3.05) is 44.2 Å². The summed E-state index contributed by atoms with van der Waals surface area (Å²) in [4.78, 5) is 18.1. The van der Waals surface area contributed by atoms with Gasteiger partial charge in [0, 0.05) is 60.6 Å². The minimum absolute atomic E-state index is 0.0242. The SMILES string of the molecule is O=C1/C(=C(\O)c2ccc(Br)cc2)N(CCCN2CCN(c3ccccc3)CC2)S(=O)(=O)c2ccccc21. The molecule has 1 saturated heterocycles. The molecule has 0 atom stereocenters. The number of carbonyl (C=O) groups excluding carboxylic acids is 1. The number of aliphatic hydroxyl groups excluding tert-OH is 1. The molecule has 2 aliphatic rings. The molecule has 192 valence electrons. The van der Waals surface area contributed by atoms with E-state index in [9.17, 15) is 18.3 Å². The van der Waals surface area contributed by atoms with Gasteiger partial charge in [-0.1, -0.05) is 58.4 Å². The maximum atomic E-state index is 13.6. The first-order valence-electron chi connectivity index (χ1n) is 12.2. The zero-order chi connectivity index (χ0) is 26.0. The molecule has 0 aromatic heterocycles. The third-order valence-electron chi connectivity index (χ3n) is 6.84. The number of hydrogen-bond acceptors (Lipinski definition) is 6. The molecule has 1 N–H and O–H groups in total. The number of anilines is 1. The minimum atomic E-state index is -4.02. The number of hydrogen-bond donors (Lipinski definition) is 1. The lowest BCUT2D eigenvalue weighted by molar-refractivity contribution is 0.0997. The average Bonchev–Trinajstić information content (AvgIpc) is 2.93. The Morgan fingerprint density at radius 1 is 0.838 bits per heavy atom. The second kappa shape index (κ2) is 10.7. The number of Topliss-reactive ketones (excluding diaryl/α,β-unsaturated/α-hetero) is 1. The van der Waals surface area contributed by atoms with Gasteiger partial charge in [-0.25, -0.2) is 8.42 Å². The number of carbonyl (C=O) groups is 1.